The summed E-state index contributed by atoms with van der Waals surface area (Å²) in [5.41, 5.74) is 8.07. The summed E-state index contributed by atoms with van der Waals surface area (Å²) in [6.07, 6.45) is 1.51. The maximum Gasteiger partial charge on any atom is 0.231 e. The summed E-state index contributed by atoms with van der Waals surface area (Å²) >= 11 is 0. The van der Waals surface area contributed by atoms with Gasteiger partial charge in [-0.15, -0.1) is 0 Å². The van der Waals surface area contributed by atoms with Crippen molar-refractivity contribution in [2.45, 2.75) is 13.5 Å². The number of nitrogens with one attached hydrogen (secondary N) is 1. The summed E-state index contributed by atoms with van der Waals surface area (Å²) in [6, 6.07) is 7.91. The first kappa shape index (κ1) is 18.5. The third kappa shape index (κ3) is 3.69. The minimum absolute atomic E-state index is 0.297. The number of nitrogens with zero attached hydrogens (tertiary/aromatic N) is 5. The molecule has 1 aromatic carbocycles. The van der Waals surface area contributed by atoms with Crippen LogP contribution in [0, 0.1) is 6.92 Å². The molecule has 0 spiro atoms. The number of nitrogens with two attached hydrogens (primary N) is 1. The molecule has 0 aliphatic carbocycles. The molecule has 10 heteroatoms. The molecule has 2 aromatic heterocycles. The quantitative estimate of drug-likeness (QED) is 0.649. The predicted molar refractivity (Wildman–Crippen MR) is 111 cm³/mol. The van der Waals surface area contributed by atoms with E-state index in [1.807, 2.05) is 13.0 Å². The zero-order chi connectivity index (χ0) is 20.5. The van der Waals surface area contributed by atoms with Crippen molar-refractivity contribution in [3.63, 3.8) is 0 Å². The first-order valence-electron chi connectivity index (χ1n) is 9.82. The van der Waals surface area contributed by atoms with Gasteiger partial charge in [0, 0.05) is 38.8 Å². The number of aryl methyl sites for hydroxylation is 1. The maximum absolute atomic E-state index is 6.35. The van der Waals surface area contributed by atoms with Crippen LogP contribution in [-0.2, 0) is 6.54 Å². The van der Waals surface area contributed by atoms with Gasteiger partial charge < -0.3 is 29.9 Å². The second kappa shape index (κ2) is 7.71. The highest BCUT2D eigenvalue weighted by atomic mass is 16.7. The van der Waals surface area contributed by atoms with Crippen molar-refractivity contribution in [3.05, 3.63) is 41.9 Å². The van der Waals surface area contributed by atoms with E-state index in [0.717, 1.165) is 50.0 Å². The normalized spacial score (nSPS) is 16.1. The van der Waals surface area contributed by atoms with Crippen molar-refractivity contribution in [2.75, 3.05) is 48.9 Å². The third-order valence-electron chi connectivity index (χ3n) is 5.25. The summed E-state index contributed by atoms with van der Waals surface area (Å²) in [6.45, 7) is 6.46. The molecule has 4 heterocycles. The van der Waals surface area contributed by atoms with Crippen LogP contribution in [0.25, 0.3) is 0 Å². The molecule has 0 bridgehead atoms. The molecule has 10 nitrogen and oxygen atoms in total. The smallest absolute Gasteiger partial charge is 0.231 e. The molecule has 3 N–H and O–H groups in total. The largest absolute Gasteiger partial charge is 0.454 e. The fourth-order valence-electron chi connectivity index (χ4n) is 3.70. The molecule has 1 fully saturated rings. The van der Waals surface area contributed by atoms with Gasteiger partial charge >= 0.3 is 0 Å². The van der Waals surface area contributed by atoms with Crippen LogP contribution in [0.2, 0.25) is 0 Å². The number of aromatic nitrogens is 3. The van der Waals surface area contributed by atoms with Crippen LogP contribution in [0.1, 0.15) is 11.3 Å². The lowest BCUT2D eigenvalue weighted by atomic mass is 10.1. The molecule has 156 valence electrons. The van der Waals surface area contributed by atoms with Crippen molar-refractivity contribution in [2.24, 2.45) is 0 Å². The van der Waals surface area contributed by atoms with E-state index in [4.69, 9.17) is 19.7 Å². The molecule has 3 aromatic rings. The van der Waals surface area contributed by atoms with E-state index < -0.39 is 0 Å². The lowest BCUT2D eigenvalue weighted by Crippen LogP contribution is -2.46. The minimum Gasteiger partial charge on any atom is -0.454 e. The molecule has 0 radical (unpaired) electrons. The van der Waals surface area contributed by atoms with Crippen molar-refractivity contribution in [1.29, 1.82) is 0 Å². The number of rotatable bonds is 5. The van der Waals surface area contributed by atoms with Gasteiger partial charge in [0.25, 0.3) is 0 Å². The van der Waals surface area contributed by atoms with Gasteiger partial charge in [-0.1, -0.05) is 11.2 Å². The average Bonchev–Trinajstić information content (AvgIpc) is 3.38. The Morgan fingerprint density at radius 3 is 2.70 bits per heavy atom. The Morgan fingerprint density at radius 2 is 1.90 bits per heavy atom. The Bertz CT molecular complexity index is 1050. The number of hydrogen-bond donors (Lipinski definition) is 2. The second-order valence-corrected chi connectivity index (χ2v) is 7.36. The van der Waals surface area contributed by atoms with Gasteiger partial charge in [-0.05, 0) is 24.6 Å². The van der Waals surface area contributed by atoms with Gasteiger partial charge in [-0.2, -0.15) is 0 Å². The van der Waals surface area contributed by atoms with Crippen LogP contribution < -0.4 is 25.4 Å². The molecule has 5 rings (SSSR count). The zero-order valence-corrected chi connectivity index (χ0v) is 16.7. The minimum atomic E-state index is 0.297. The highest BCUT2D eigenvalue weighted by Crippen LogP contribution is 2.33. The standard InChI is InChI=1S/C20H23N7O3/c1-13-8-17(25-30-13)24-19-18(21)20(23-11-22-19)27-6-4-26(5-7-27)10-14-2-3-15-16(9-14)29-12-28-15/h2-3,8-9,11H,4-7,10,12,21H2,1H3,(H,22,23,24,25). The summed E-state index contributed by atoms with van der Waals surface area (Å²) in [7, 11) is 0. The van der Waals surface area contributed by atoms with Crippen LogP contribution in [0.3, 0.4) is 0 Å². The fourth-order valence-corrected chi connectivity index (χ4v) is 3.70. The maximum atomic E-state index is 6.35. The molecule has 0 atom stereocenters. The van der Waals surface area contributed by atoms with E-state index in [-0.39, 0.29) is 0 Å². The van der Waals surface area contributed by atoms with Crippen LogP contribution >= 0.6 is 0 Å². The Kier molecular flexibility index (Phi) is 4.75. The second-order valence-electron chi connectivity index (χ2n) is 7.36. The zero-order valence-electron chi connectivity index (χ0n) is 16.7. The van der Waals surface area contributed by atoms with E-state index in [1.165, 1.54) is 11.9 Å². The van der Waals surface area contributed by atoms with E-state index in [2.05, 4.69) is 42.4 Å². The molecule has 0 amide bonds. The summed E-state index contributed by atoms with van der Waals surface area (Å²) in [5, 5.41) is 7.02. The van der Waals surface area contributed by atoms with Crippen LogP contribution in [0.15, 0.2) is 35.1 Å². The number of anilines is 4. The predicted octanol–water partition coefficient (Wildman–Crippen LogP) is 2.15. The van der Waals surface area contributed by atoms with Gasteiger partial charge in [0.15, 0.2) is 29.0 Å². The summed E-state index contributed by atoms with van der Waals surface area (Å²) in [4.78, 5) is 13.3. The summed E-state index contributed by atoms with van der Waals surface area (Å²) < 4.78 is 15.9. The Morgan fingerprint density at radius 1 is 1.07 bits per heavy atom. The number of benzene rings is 1. The monoisotopic (exact) mass is 409 g/mol. The van der Waals surface area contributed by atoms with Gasteiger partial charge in [0.1, 0.15) is 17.8 Å². The molecular weight excluding hydrogens is 386 g/mol. The molecule has 0 unspecified atom stereocenters. The number of fused-ring (bicyclic) bond motifs is 1. The lowest BCUT2D eigenvalue weighted by Gasteiger charge is -2.36. The topological polar surface area (TPSA) is 115 Å². The van der Waals surface area contributed by atoms with Gasteiger partial charge in [0.2, 0.25) is 6.79 Å². The van der Waals surface area contributed by atoms with E-state index in [0.29, 0.717) is 29.9 Å². The van der Waals surface area contributed by atoms with Crippen LogP contribution in [0.4, 0.5) is 23.1 Å². The van der Waals surface area contributed by atoms with Crippen molar-refractivity contribution in [3.8, 4) is 11.5 Å². The summed E-state index contributed by atoms with van der Waals surface area (Å²) in [5.74, 6) is 4.17. The highest BCUT2D eigenvalue weighted by molar-refractivity contribution is 5.77. The number of hydrogen-bond acceptors (Lipinski definition) is 10. The van der Waals surface area contributed by atoms with Crippen molar-refractivity contribution < 1.29 is 14.0 Å². The molecule has 2 aliphatic rings. The number of nitrogen functional groups attached to an aromatic ring is 1. The SMILES string of the molecule is Cc1cc(Nc2ncnc(N3CCN(Cc4ccc5c(c4)OCO5)CC3)c2N)no1. The Labute approximate surface area is 173 Å². The van der Waals surface area contributed by atoms with Crippen molar-refractivity contribution >= 4 is 23.1 Å². The van der Waals surface area contributed by atoms with Crippen LogP contribution in [-0.4, -0.2) is 53.0 Å². The molecule has 2 aliphatic heterocycles. The number of piperazine rings is 1. The van der Waals surface area contributed by atoms with Gasteiger partial charge in [-0.25, -0.2) is 9.97 Å². The first-order chi connectivity index (χ1) is 14.7. The van der Waals surface area contributed by atoms with Gasteiger partial charge in [0.05, 0.1) is 0 Å². The Balaban J connectivity index is 1.22. The lowest BCUT2D eigenvalue weighted by molar-refractivity contribution is 0.174. The van der Waals surface area contributed by atoms with E-state index in [9.17, 15) is 0 Å². The van der Waals surface area contributed by atoms with E-state index >= 15 is 0 Å². The van der Waals surface area contributed by atoms with Gasteiger partial charge in [-0.3, -0.25) is 4.90 Å². The molecule has 1 saturated heterocycles. The first-order valence-corrected chi connectivity index (χ1v) is 9.82. The average molecular weight is 409 g/mol. The number of ether oxygens (including phenoxy) is 2. The molecule has 30 heavy (non-hydrogen) atoms. The fraction of sp³-hybridized carbons (Fsp3) is 0.350. The van der Waals surface area contributed by atoms with Crippen LogP contribution in [0.5, 0.6) is 11.5 Å². The third-order valence-corrected chi connectivity index (χ3v) is 5.25. The van der Waals surface area contributed by atoms with E-state index in [1.54, 1.807) is 6.07 Å². The molecule has 0 saturated carbocycles. The Hall–Kier alpha value is -3.53. The molecular formula is C20H23N7O3. The highest BCUT2D eigenvalue weighted by Gasteiger charge is 2.22. The van der Waals surface area contributed by atoms with Crippen molar-refractivity contribution in [1.82, 2.24) is 20.0 Å².